The topological polar surface area (TPSA) is 26.3 Å². The average molecular weight is 526 g/mol. The van der Waals surface area contributed by atoms with E-state index in [-0.39, 0.29) is 16.9 Å². The van der Waals surface area contributed by atoms with Crippen molar-refractivity contribution in [2.24, 2.45) is 0 Å². The van der Waals surface area contributed by atoms with Crippen molar-refractivity contribution in [3.8, 4) is 0 Å². The van der Waals surface area contributed by atoms with Gasteiger partial charge in [0.05, 0.1) is 23.1 Å². The van der Waals surface area contributed by atoms with Crippen LogP contribution in [0.25, 0.3) is 0 Å². The molecule has 0 fully saturated rings. The third kappa shape index (κ3) is 13.1. The van der Waals surface area contributed by atoms with Gasteiger partial charge in [-0.2, -0.15) is 0 Å². The van der Waals surface area contributed by atoms with Gasteiger partial charge in [0.25, 0.3) is 0 Å². The number of ether oxygens (including phenoxy) is 1. The second kappa shape index (κ2) is 20.3. The summed E-state index contributed by atoms with van der Waals surface area (Å²) in [6, 6.07) is 16.9. The minimum Gasteiger partial charge on any atom is -0.462 e. The van der Waals surface area contributed by atoms with Gasteiger partial charge in [-0.1, -0.05) is 121 Å². The quantitative estimate of drug-likeness (QED) is 0.0920. The second-order valence-electron chi connectivity index (χ2n) is 10.4. The Hall–Kier alpha value is -1.74. The van der Waals surface area contributed by atoms with Gasteiger partial charge in [0, 0.05) is 11.6 Å². The molecule has 2 aromatic carbocycles. The highest BCUT2D eigenvalue weighted by molar-refractivity contribution is 7.97. The molecule has 206 valence electrons. The van der Waals surface area contributed by atoms with Crippen molar-refractivity contribution in [1.29, 1.82) is 0 Å². The molecule has 0 spiro atoms. The number of hydrogen-bond donors (Lipinski definition) is 0. The van der Waals surface area contributed by atoms with E-state index in [0.717, 1.165) is 5.75 Å². The lowest BCUT2D eigenvalue weighted by Gasteiger charge is -2.11. The van der Waals surface area contributed by atoms with Gasteiger partial charge in [-0.05, 0) is 44.9 Å². The van der Waals surface area contributed by atoms with Gasteiger partial charge in [0.15, 0.2) is 9.79 Å². The van der Waals surface area contributed by atoms with Gasteiger partial charge in [-0.15, -0.1) is 0 Å². The Morgan fingerprint density at radius 3 is 1.76 bits per heavy atom. The Labute approximate surface area is 231 Å². The first-order valence-electron chi connectivity index (χ1n) is 15.2. The molecule has 0 aromatic heterocycles. The smallest absolute Gasteiger partial charge is 0.338 e. The molecule has 0 bridgehead atoms. The lowest BCUT2D eigenvalue weighted by Crippen LogP contribution is -2.12. The van der Waals surface area contributed by atoms with Crippen molar-refractivity contribution in [3.63, 3.8) is 0 Å². The maximum Gasteiger partial charge on any atom is 0.338 e. The number of esters is 1. The maximum absolute atomic E-state index is 12.3. The van der Waals surface area contributed by atoms with E-state index in [4.69, 9.17) is 4.74 Å². The van der Waals surface area contributed by atoms with Gasteiger partial charge in [0.2, 0.25) is 0 Å². The fourth-order valence-corrected chi connectivity index (χ4v) is 7.39. The Morgan fingerprint density at radius 2 is 1.22 bits per heavy atom. The summed E-state index contributed by atoms with van der Waals surface area (Å²) in [6.45, 7) is 6.76. The lowest BCUT2D eigenvalue weighted by molar-refractivity contribution is 0.0526. The molecule has 0 saturated carbocycles. The molecule has 0 saturated heterocycles. The summed E-state index contributed by atoms with van der Waals surface area (Å²) in [4.78, 5) is 15.0. The van der Waals surface area contributed by atoms with Crippen molar-refractivity contribution in [2.75, 3.05) is 12.4 Å². The molecular formula is C34H53O2S+. The van der Waals surface area contributed by atoms with E-state index in [0.29, 0.717) is 12.2 Å². The molecule has 0 aliphatic rings. The molecular weight excluding hydrogens is 472 g/mol. The van der Waals surface area contributed by atoms with Crippen LogP contribution in [-0.2, 0) is 15.6 Å². The zero-order valence-electron chi connectivity index (χ0n) is 24.1. The van der Waals surface area contributed by atoms with Gasteiger partial charge >= 0.3 is 5.97 Å². The van der Waals surface area contributed by atoms with E-state index in [1.807, 2.05) is 19.1 Å². The predicted octanol–water partition coefficient (Wildman–Crippen LogP) is 10.5. The van der Waals surface area contributed by atoms with E-state index < -0.39 is 0 Å². The van der Waals surface area contributed by atoms with Crippen molar-refractivity contribution >= 4 is 16.9 Å². The predicted molar refractivity (Wildman–Crippen MR) is 162 cm³/mol. The van der Waals surface area contributed by atoms with Crippen LogP contribution in [-0.4, -0.2) is 18.3 Å². The molecule has 0 N–H and O–H groups in total. The monoisotopic (exact) mass is 525 g/mol. The molecule has 1 unspecified atom stereocenters. The summed E-state index contributed by atoms with van der Waals surface area (Å²) < 4.78 is 5.25. The van der Waals surface area contributed by atoms with Crippen molar-refractivity contribution in [2.45, 2.75) is 133 Å². The maximum atomic E-state index is 12.3. The Morgan fingerprint density at radius 1 is 0.676 bits per heavy atom. The minimum absolute atomic E-state index is 0.0187. The first kappa shape index (κ1) is 31.5. The van der Waals surface area contributed by atoms with Gasteiger partial charge in [-0.25, -0.2) is 4.79 Å². The van der Waals surface area contributed by atoms with E-state index in [1.54, 1.807) is 0 Å². The van der Waals surface area contributed by atoms with Crippen LogP contribution in [0.1, 0.15) is 133 Å². The molecule has 2 aromatic rings. The molecule has 3 heteroatoms. The third-order valence-electron chi connectivity index (χ3n) is 7.19. The standard InChI is InChI=1S/C34H53O2S/c1-4-6-7-8-9-10-11-12-13-14-15-16-17-18-19-22-28-37(33-27-21-20-24-30(33)3)32-26-23-25-31(29-32)34(35)36-5-2/h20-21,23-27,29H,4-19,22,28H2,1-3H3/q+1. The number of carbonyl (C=O) groups excluding carboxylic acids is 1. The number of unbranched alkanes of at least 4 members (excludes halogenated alkanes) is 15. The normalized spacial score (nSPS) is 12.0. The van der Waals surface area contributed by atoms with E-state index in [9.17, 15) is 4.79 Å². The first-order chi connectivity index (χ1) is 18.2. The minimum atomic E-state index is -0.222. The average Bonchev–Trinajstić information content (AvgIpc) is 2.91. The summed E-state index contributed by atoms with van der Waals surface area (Å²) in [7, 11) is -0.0187. The van der Waals surface area contributed by atoms with Crippen molar-refractivity contribution in [3.05, 3.63) is 59.7 Å². The van der Waals surface area contributed by atoms with Crippen molar-refractivity contribution < 1.29 is 9.53 Å². The fraction of sp³-hybridized carbons (Fsp3) is 0.618. The van der Waals surface area contributed by atoms with E-state index in [2.05, 4.69) is 50.2 Å². The molecule has 0 radical (unpaired) electrons. The summed E-state index contributed by atoms with van der Waals surface area (Å²) in [5.74, 6) is 0.926. The Bertz CT molecular complexity index is 862. The highest BCUT2D eigenvalue weighted by Gasteiger charge is 2.27. The number of benzene rings is 2. The van der Waals surface area contributed by atoms with Crippen LogP contribution in [0.5, 0.6) is 0 Å². The number of hydrogen-bond acceptors (Lipinski definition) is 2. The second-order valence-corrected chi connectivity index (χ2v) is 12.5. The van der Waals surface area contributed by atoms with Crippen LogP contribution >= 0.6 is 0 Å². The van der Waals surface area contributed by atoms with Gasteiger partial charge in [0.1, 0.15) is 5.75 Å². The number of rotatable bonds is 21. The largest absolute Gasteiger partial charge is 0.462 e. The van der Waals surface area contributed by atoms with Crippen LogP contribution in [0, 0.1) is 6.92 Å². The number of carbonyl (C=O) groups is 1. The zero-order chi connectivity index (χ0) is 26.6. The molecule has 2 rings (SSSR count). The lowest BCUT2D eigenvalue weighted by atomic mass is 10.0. The summed E-state index contributed by atoms with van der Waals surface area (Å²) in [5, 5.41) is 0. The molecule has 2 nitrogen and oxygen atoms in total. The van der Waals surface area contributed by atoms with Crippen LogP contribution in [0.2, 0.25) is 0 Å². The molecule has 1 atom stereocenters. The van der Waals surface area contributed by atoms with Crippen LogP contribution in [0.4, 0.5) is 0 Å². The highest BCUT2D eigenvalue weighted by Crippen LogP contribution is 2.28. The van der Waals surface area contributed by atoms with E-state index in [1.165, 1.54) is 118 Å². The molecule has 37 heavy (non-hydrogen) atoms. The first-order valence-corrected chi connectivity index (χ1v) is 16.6. The number of aryl methyl sites for hydroxylation is 1. The van der Waals surface area contributed by atoms with Gasteiger partial charge < -0.3 is 4.74 Å². The molecule has 0 amide bonds. The van der Waals surface area contributed by atoms with E-state index >= 15 is 0 Å². The Balaban J connectivity index is 1.68. The molecule has 0 heterocycles. The molecule has 0 aliphatic carbocycles. The van der Waals surface area contributed by atoms with Gasteiger partial charge in [-0.3, -0.25) is 0 Å². The SMILES string of the molecule is CCCCCCCCCCCCCCCCCC[S+](c1cccc(C(=O)OCC)c1)c1ccccc1C. The highest BCUT2D eigenvalue weighted by atomic mass is 32.2. The summed E-state index contributed by atoms with van der Waals surface area (Å²) in [5.41, 5.74) is 2.00. The van der Waals surface area contributed by atoms with Crippen LogP contribution in [0.3, 0.4) is 0 Å². The fourth-order valence-electron chi connectivity index (χ4n) is 4.97. The zero-order valence-corrected chi connectivity index (χ0v) is 24.9. The third-order valence-corrected chi connectivity index (χ3v) is 9.70. The summed E-state index contributed by atoms with van der Waals surface area (Å²) in [6.07, 6.45) is 22.3. The van der Waals surface area contributed by atoms with Crippen molar-refractivity contribution in [1.82, 2.24) is 0 Å². The Kier molecular flexibility index (Phi) is 17.2. The summed E-state index contributed by atoms with van der Waals surface area (Å²) >= 11 is 0. The van der Waals surface area contributed by atoms with Crippen LogP contribution < -0.4 is 0 Å². The van der Waals surface area contributed by atoms with Crippen LogP contribution in [0.15, 0.2) is 58.3 Å². The molecule has 0 aliphatic heterocycles.